The number of nitrogens with zero attached hydrogens (tertiary/aromatic N) is 4. The zero-order valence-electron chi connectivity index (χ0n) is 13.0. The van der Waals surface area contributed by atoms with Crippen molar-refractivity contribution < 1.29 is 14.0 Å². The molecule has 1 aliphatic rings. The van der Waals surface area contributed by atoms with Gasteiger partial charge in [-0.1, -0.05) is 10.4 Å². The van der Waals surface area contributed by atoms with Crippen LogP contribution in [-0.4, -0.2) is 39.9 Å². The van der Waals surface area contributed by atoms with Crippen molar-refractivity contribution >= 4 is 0 Å². The van der Waals surface area contributed by atoms with Crippen molar-refractivity contribution in [3.8, 4) is 22.8 Å². The molecule has 0 spiro atoms. The van der Waals surface area contributed by atoms with Crippen molar-refractivity contribution in [2.45, 2.75) is 13.0 Å². The summed E-state index contributed by atoms with van der Waals surface area (Å²) in [5, 5.41) is 12.2. The lowest BCUT2D eigenvalue weighted by Crippen LogP contribution is -2.15. The molecule has 3 heterocycles. The SMILES string of the molecule is NCCc1cn(Cc2cc(-c3ccc4c(c3)OCCO4)on2)nn1. The topological polar surface area (TPSA) is 101 Å². The largest absolute Gasteiger partial charge is 0.486 e. The van der Waals surface area contributed by atoms with Gasteiger partial charge in [-0.25, -0.2) is 4.68 Å². The zero-order chi connectivity index (χ0) is 16.4. The highest BCUT2D eigenvalue weighted by Crippen LogP contribution is 2.34. The molecule has 0 radical (unpaired) electrons. The molecule has 1 aliphatic heterocycles. The summed E-state index contributed by atoms with van der Waals surface area (Å²) in [6, 6.07) is 7.58. The standard InChI is InChI=1S/C16H17N5O3/c17-4-3-12-9-21(20-18-12)10-13-8-15(24-19-13)11-1-2-14-16(7-11)23-6-5-22-14/h1-2,7-9H,3-6,10,17H2. The third-order valence-corrected chi connectivity index (χ3v) is 3.70. The van der Waals surface area contributed by atoms with Gasteiger partial charge in [-0.15, -0.1) is 5.10 Å². The molecule has 8 nitrogen and oxygen atoms in total. The van der Waals surface area contributed by atoms with Crippen LogP contribution in [0.3, 0.4) is 0 Å². The number of hydrogen-bond acceptors (Lipinski definition) is 7. The first kappa shape index (κ1) is 14.7. The second-order valence-corrected chi connectivity index (χ2v) is 5.49. The Bertz CT molecular complexity index is 842. The molecule has 0 unspecified atom stereocenters. The minimum absolute atomic E-state index is 0.492. The number of ether oxygens (including phenoxy) is 2. The van der Waals surface area contributed by atoms with Crippen LogP contribution < -0.4 is 15.2 Å². The molecule has 2 aromatic heterocycles. The van der Waals surface area contributed by atoms with E-state index in [0.29, 0.717) is 38.5 Å². The van der Waals surface area contributed by atoms with Crippen LogP contribution in [0.2, 0.25) is 0 Å². The second kappa shape index (κ2) is 6.32. The van der Waals surface area contributed by atoms with E-state index in [1.165, 1.54) is 0 Å². The Morgan fingerprint density at radius 2 is 1.96 bits per heavy atom. The molecule has 3 aromatic rings. The number of nitrogens with two attached hydrogens (primary N) is 1. The molecule has 0 aliphatic carbocycles. The minimum atomic E-state index is 0.492. The van der Waals surface area contributed by atoms with E-state index in [4.69, 9.17) is 19.7 Å². The maximum absolute atomic E-state index is 5.59. The summed E-state index contributed by atoms with van der Waals surface area (Å²) in [5.41, 5.74) is 8.04. The van der Waals surface area contributed by atoms with E-state index < -0.39 is 0 Å². The van der Waals surface area contributed by atoms with Crippen LogP contribution in [0.4, 0.5) is 0 Å². The molecule has 0 saturated carbocycles. The first-order chi connectivity index (χ1) is 11.8. The lowest BCUT2D eigenvalue weighted by Gasteiger charge is -2.18. The molecule has 0 amide bonds. The van der Waals surface area contributed by atoms with E-state index in [-0.39, 0.29) is 0 Å². The molecule has 0 saturated heterocycles. The number of aromatic nitrogens is 4. The van der Waals surface area contributed by atoms with E-state index in [9.17, 15) is 0 Å². The summed E-state index contributed by atoms with van der Waals surface area (Å²) in [5.74, 6) is 2.14. The summed E-state index contributed by atoms with van der Waals surface area (Å²) in [6.45, 7) is 2.17. The number of rotatable bonds is 5. The average Bonchev–Trinajstić information content (AvgIpc) is 3.25. The monoisotopic (exact) mass is 327 g/mol. The van der Waals surface area contributed by atoms with E-state index in [1.54, 1.807) is 4.68 Å². The van der Waals surface area contributed by atoms with Gasteiger partial charge in [0.25, 0.3) is 0 Å². The summed E-state index contributed by atoms with van der Waals surface area (Å²) >= 11 is 0. The van der Waals surface area contributed by atoms with Crippen LogP contribution in [0.25, 0.3) is 11.3 Å². The highest BCUT2D eigenvalue weighted by molar-refractivity contribution is 5.63. The van der Waals surface area contributed by atoms with Gasteiger partial charge in [-0.2, -0.15) is 0 Å². The third-order valence-electron chi connectivity index (χ3n) is 3.70. The first-order valence-corrected chi connectivity index (χ1v) is 7.76. The minimum Gasteiger partial charge on any atom is -0.486 e. The van der Waals surface area contributed by atoms with Crippen LogP contribution in [0.1, 0.15) is 11.4 Å². The van der Waals surface area contributed by atoms with Gasteiger partial charge in [0.05, 0.1) is 12.2 Å². The maximum atomic E-state index is 5.59. The third kappa shape index (κ3) is 2.95. The lowest BCUT2D eigenvalue weighted by atomic mass is 10.1. The van der Waals surface area contributed by atoms with Crippen LogP contribution in [0.15, 0.2) is 35.0 Å². The molecule has 2 N–H and O–H groups in total. The molecule has 0 atom stereocenters. The van der Waals surface area contributed by atoms with Crippen LogP contribution in [0.5, 0.6) is 11.5 Å². The van der Waals surface area contributed by atoms with Crippen molar-refractivity contribution in [2.75, 3.05) is 19.8 Å². The van der Waals surface area contributed by atoms with Crippen LogP contribution in [0, 0.1) is 0 Å². The fourth-order valence-electron chi connectivity index (χ4n) is 2.56. The quantitative estimate of drug-likeness (QED) is 0.752. The molecular weight excluding hydrogens is 310 g/mol. The van der Waals surface area contributed by atoms with E-state index >= 15 is 0 Å². The van der Waals surface area contributed by atoms with Gasteiger partial charge in [-0.05, 0) is 24.7 Å². The fourth-order valence-corrected chi connectivity index (χ4v) is 2.56. The Balaban J connectivity index is 1.51. The number of hydrogen-bond donors (Lipinski definition) is 1. The Kier molecular flexibility index (Phi) is 3.87. The fraction of sp³-hybridized carbons (Fsp3) is 0.312. The summed E-state index contributed by atoms with van der Waals surface area (Å²) in [6.07, 6.45) is 2.58. The summed E-state index contributed by atoms with van der Waals surface area (Å²) in [4.78, 5) is 0. The van der Waals surface area contributed by atoms with Crippen molar-refractivity contribution in [1.29, 1.82) is 0 Å². The molecule has 0 bridgehead atoms. The van der Waals surface area contributed by atoms with Gasteiger partial charge < -0.3 is 19.7 Å². The summed E-state index contributed by atoms with van der Waals surface area (Å²) < 4.78 is 18.3. The van der Waals surface area contributed by atoms with Gasteiger partial charge in [-0.3, -0.25) is 0 Å². The molecule has 124 valence electrons. The smallest absolute Gasteiger partial charge is 0.167 e. The first-order valence-electron chi connectivity index (χ1n) is 7.76. The van der Waals surface area contributed by atoms with Crippen LogP contribution >= 0.6 is 0 Å². The van der Waals surface area contributed by atoms with Gasteiger partial charge >= 0.3 is 0 Å². The highest BCUT2D eigenvalue weighted by Gasteiger charge is 2.15. The normalized spacial score (nSPS) is 13.2. The number of benzene rings is 1. The molecule has 1 aromatic carbocycles. The molecule has 24 heavy (non-hydrogen) atoms. The predicted octanol–water partition coefficient (Wildman–Crippen LogP) is 1.25. The maximum Gasteiger partial charge on any atom is 0.167 e. The Hall–Kier alpha value is -2.87. The molecular formula is C16H17N5O3. The van der Waals surface area contributed by atoms with E-state index in [0.717, 1.165) is 28.5 Å². The van der Waals surface area contributed by atoms with Crippen molar-refractivity contribution in [3.63, 3.8) is 0 Å². The van der Waals surface area contributed by atoms with Gasteiger partial charge in [0, 0.05) is 24.2 Å². The highest BCUT2D eigenvalue weighted by atomic mass is 16.6. The molecule has 4 rings (SSSR count). The van der Waals surface area contributed by atoms with E-state index in [1.807, 2.05) is 30.5 Å². The van der Waals surface area contributed by atoms with E-state index in [2.05, 4.69) is 15.5 Å². The van der Waals surface area contributed by atoms with Crippen LogP contribution in [-0.2, 0) is 13.0 Å². The van der Waals surface area contributed by atoms with Crippen molar-refractivity contribution in [1.82, 2.24) is 20.2 Å². The zero-order valence-corrected chi connectivity index (χ0v) is 13.0. The van der Waals surface area contributed by atoms with Crippen molar-refractivity contribution in [3.05, 3.63) is 41.9 Å². The van der Waals surface area contributed by atoms with Gasteiger partial charge in [0.15, 0.2) is 17.3 Å². The van der Waals surface area contributed by atoms with Crippen molar-refractivity contribution in [2.24, 2.45) is 5.73 Å². The predicted molar refractivity (Wildman–Crippen MR) is 84.8 cm³/mol. The second-order valence-electron chi connectivity index (χ2n) is 5.49. The average molecular weight is 327 g/mol. The Morgan fingerprint density at radius 3 is 2.83 bits per heavy atom. The molecule has 0 fully saturated rings. The number of fused-ring (bicyclic) bond motifs is 1. The Labute approximate surface area is 138 Å². The lowest BCUT2D eigenvalue weighted by molar-refractivity contribution is 0.171. The van der Waals surface area contributed by atoms with Gasteiger partial charge in [0.2, 0.25) is 0 Å². The summed E-state index contributed by atoms with van der Waals surface area (Å²) in [7, 11) is 0. The Morgan fingerprint density at radius 1 is 1.08 bits per heavy atom. The molecule has 8 heteroatoms. The van der Waals surface area contributed by atoms with Gasteiger partial charge in [0.1, 0.15) is 18.9 Å².